The van der Waals surface area contributed by atoms with Gasteiger partial charge in [0.2, 0.25) is 0 Å². The van der Waals surface area contributed by atoms with Crippen molar-refractivity contribution in [3.05, 3.63) is 45.9 Å². The third-order valence-corrected chi connectivity index (χ3v) is 3.68. The van der Waals surface area contributed by atoms with Gasteiger partial charge in [-0.3, -0.25) is 0 Å². The van der Waals surface area contributed by atoms with Gasteiger partial charge in [0.1, 0.15) is 5.75 Å². The maximum atomic E-state index is 5.35. The standard InChI is InChI=1S/C14H18N2OS/c1-3-15-9-12-10-16-14(18-12)8-11-6-4-5-7-13(11)17-2/h4-7,10,15H,3,8-9H2,1-2H3. The molecule has 2 rings (SSSR count). The summed E-state index contributed by atoms with van der Waals surface area (Å²) in [7, 11) is 1.71. The first kappa shape index (κ1) is 13.1. The fraction of sp³-hybridized carbons (Fsp3) is 0.357. The Balaban J connectivity index is 2.06. The molecule has 1 aromatic carbocycles. The Bertz CT molecular complexity index is 496. The van der Waals surface area contributed by atoms with Gasteiger partial charge in [-0.15, -0.1) is 11.3 Å². The van der Waals surface area contributed by atoms with Gasteiger partial charge in [0.15, 0.2) is 0 Å². The number of nitrogens with zero attached hydrogens (tertiary/aromatic N) is 1. The molecule has 0 fully saturated rings. The fourth-order valence-corrected chi connectivity index (χ4v) is 2.69. The van der Waals surface area contributed by atoms with Crippen molar-refractivity contribution < 1.29 is 4.74 Å². The van der Waals surface area contributed by atoms with E-state index >= 15 is 0 Å². The molecule has 0 aliphatic carbocycles. The molecule has 0 saturated heterocycles. The van der Waals surface area contributed by atoms with E-state index in [2.05, 4.69) is 23.3 Å². The monoisotopic (exact) mass is 262 g/mol. The van der Waals surface area contributed by atoms with Gasteiger partial charge >= 0.3 is 0 Å². The number of para-hydroxylation sites is 1. The van der Waals surface area contributed by atoms with Crippen molar-refractivity contribution in [3.8, 4) is 5.75 Å². The molecule has 0 spiro atoms. The van der Waals surface area contributed by atoms with E-state index in [4.69, 9.17) is 4.74 Å². The van der Waals surface area contributed by atoms with Crippen LogP contribution in [0.5, 0.6) is 5.75 Å². The second-order valence-electron chi connectivity index (χ2n) is 3.99. The van der Waals surface area contributed by atoms with Gasteiger partial charge < -0.3 is 10.1 Å². The maximum Gasteiger partial charge on any atom is 0.122 e. The van der Waals surface area contributed by atoms with Gasteiger partial charge in [-0.05, 0) is 12.6 Å². The molecule has 0 unspecified atom stereocenters. The van der Waals surface area contributed by atoms with Crippen molar-refractivity contribution in [2.75, 3.05) is 13.7 Å². The third-order valence-electron chi connectivity index (χ3n) is 2.68. The molecular weight excluding hydrogens is 244 g/mol. The molecule has 96 valence electrons. The van der Waals surface area contributed by atoms with E-state index in [1.165, 1.54) is 10.4 Å². The zero-order valence-corrected chi connectivity index (χ0v) is 11.6. The van der Waals surface area contributed by atoms with Crippen molar-refractivity contribution in [3.63, 3.8) is 0 Å². The molecule has 0 atom stereocenters. The van der Waals surface area contributed by atoms with Crippen molar-refractivity contribution >= 4 is 11.3 Å². The van der Waals surface area contributed by atoms with E-state index in [1.807, 2.05) is 24.4 Å². The lowest BCUT2D eigenvalue weighted by Crippen LogP contribution is -2.10. The summed E-state index contributed by atoms with van der Waals surface area (Å²) in [6.45, 7) is 4.00. The van der Waals surface area contributed by atoms with Gasteiger partial charge in [0.05, 0.1) is 12.1 Å². The van der Waals surface area contributed by atoms with Gasteiger partial charge in [0, 0.05) is 29.6 Å². The first-order valence-electron chi connectivity index (χ1n) is 6.09. The van der Waals surface area contributed by atoms with Crippen LogP contribution in [-0.2, 0) is 13.0 Å². The summed E-state index contributed by atoms with van der Waals surface area (Å²) < 4.78 is 5.35. The minimum Gasteiger partial charge on any atom is -0.496 e. The second-order valence-corrected chi connectivity index (χ2v) is 5.19. The Hall–Kier alpha value is -1.39. The number of aromatic nitrogens is 1. The molecule has 0 aliphatic rings. The number of thiazole rings is 1. The van der Waals surface area contributed by atoms with Crippen molar-refractivity contribution in [2.45, 2.75) is 19.9 Å². The van der Waals surface area contributed by atoms with E-state index in [-0.39, 0.29) is 0 Å². The fourth-order valence-electron chi connectivity index (χ4n) is 1.77. The summed E-state index contributed by atoms with van der Waals surface area (Å²) in [5.74, 6) is 0.931. The molecule has 1 aromatic heterocycles. The molecule has 0 radical (unpaired) electrons. The second kappa shape index (κ2) is 6.52. The minimum absolute atomic E-state index is 0.834. The summed E-state index contributed by atoms with van der Waals surface area (Å²) >= 11 is 1.76. The molecule has 3 nitrogen and oxygen atoms in total. The molecule has 0 aliphatic heterocycles. The van der Waals surface area contributed by atoms with Crippen LogP contribution in [0.4, 0.5) is 0 Å². The maximum absolute atomic E-state index is 5.35. The SMILES string of the molecule is CCNCc1cnc(Cc2ccccc2OC)s1. The molecule has 18 heavy (non-hydrogen) atoms. The summed E-state index contributed by atoms with van der Waals surface area (Å²) in [6, 6.07) is 8.10. The smallest absolute Gasteiger partial charge is 0.122 e. The Morgan fingerprint density at radius 3 is 2.94 bits per heavy atom. The van der Waals surface area contributed by atoms with Gasteiger partial charge in [-0.2, -0.15) is 0 Å². The number of ether oxygens (including phenoxy) is 1. The average Bonchev–Trinajstić information content (AvgIpc) is 2.84. The summed E-state index contributed by atoms with van der Waals surface area (Å²) in [5, 5.41) is 4.44. The highest BCUT2D eigenvalue weighted by Crippen LogP contribution is 2.23. The predicted octanol–water partition coefficient (Wildman–Crippen LogP) is 2.85. The van der Waals surface area contributed by atoms with Crippen molar-refractivity contribution in [1.29, 1.82) is 0 Å². The number of benzene rings is 1. The average molecular weight is 262 g/mol. The molecule has 1 N–H and O–H groups in total. The zero-order chi connectivity index (χ0) is 12.8. The van der Waals surface area contributed by atoms with Crippen LogP contribution in [0.3, 0.4) is 0 Å². The zero-order valence-electron chi connectivity index (χ0n) is 10.8. The quantitative estimate of drug-likeness (QED) is 0.869. The Kier molecular flexibility index (Phi) is 4.73. The molecule has 1 heterocycles. The molecule has 0 bridgehead atoms. The van der Waals surface area contributed by atoms with E-state index in [9.17, 15) is 0 Å². The van der Waals surface area contributed by atoms with Crippen LogP contribution in [-0.4, -0.2) is 18.6 Å². The topological polar surface area (TPSA) is 34.2 Å². The number of methoxy groups -OCH3 is 1. The first-order chi connectivity index (χ1) is 8.83. The minimum atomic E-state index is 0.834. The highest BCUT2D eigenvalue weighted by atomic mass is 32.1. The van der Waals surface area contributed by atoms with Crippen molar-refractivity contribution in [2.24, 2.45) is 0 Å². The van der Waals surface area contributed by atoms with Crippen LogP contribution in [0.2, 0.25) is 0 Å². The normalized spacial score (nSPS) is 10.6. The van der Waals surface area contributed by atoms with E-state index in [1.54, 1.807) is 18.4 Å². The van der Waals surface area contributed by atoms with E-state index in [0.29, 0.717) is 0 Å². The van der Waals surface area contributed by atoms with Crippen molar-refractivity contribution in [1.82, 2.24) is 10.3 Å². The van der Waals surface area contributed by atoms with Gasteiger partial charge in [-0.1, -0.05) is 25.1 Å². The number of hydrogen-bond donors (Lipinski definition) is 1. The molecule has 2 aromatic rings. The van der Waals surface area contributed by atoms with E-state index in [0.717, 1.165) is 30.3 Å². The number of hydrogen-bond acceptors (Lipinski definition) is 4. The van der Waals surface area contributed by atoms with Crippen LogP contribution in [0.1, 0.15) is 22.4 Å². The third kappa shape index (κ3) is 3.31. The van der Waals surface area contributed by atoms with Gasteiger partial charge in [-0.25, -0.2) is 4.98 Å². The summed E-state index contributed by atoms with van der Waals surface area (Å²) in [4.78, 5) is 5.74. The summed E-state index contributed by atoms with van der Waals surface area (Å²) in [5.41, 5.74) is 1.18. The molecule has 4 heteroatoms. The van der Waals surface area contributed by atoms with Crippen LogP contribution < -0.4 is 10.1 Å². The predicted molar refractivity (Wildman–Crippen MR) is 75.3 cm³/mol. The number of rotatable bonds is 6. The molecule has 0 amide bonds. The lowest BCUT2D eigenvalue weighted by molar-refractivity contribution is 0.410. The van der Waals surface area contributed by atoms with Crippen LogP contribution in [0.25, 0.3) is 0 Å². The van der Waals surface area contributed by atoms with Crippen LogP contribution in [0.15, 0.2) is 30.5 Å². The number of nitrogens with one attached hydrogen (secondary N) is 1. The molecular formula is C14H18N2OS. The Labute approximate surface area is 112 Å². The van der Waals surface area contributed by atoms with Crippen LogP contribution in [0, 0.1) is 0 Å². The largest absolute Gasteiger partial charge is 0.496 e. The Morgan fingerprint density at radius 1 is 1.33 bits per heavy atom. The first-order valence-corrected chi connectivity index (χ1v) is 6.91. The van der Waals surface area contributed by atoms with E-state index < -0.39 is 0 Å². The lowest BCUT2D eigenvalue weighted by Gasteiger charge is -2.05. The highest BCUT2D eigenvalue weighted by Gasteiger charge is 2.06. The molecule has 0 saturated carbocycles. The Morgan fingerprint density at radius 2 is 2.17 bits per heavy atom. The lowest BCUT2D eigenvalue weighted by atomic mass is 10.1. The highest BCUT2D eigenvalue weighted by molar-refractivity contribution is 7.11. The van der Waals surface area contributed by atoms with Crippen LogP contribution >= 0.6 is 11.3 Å². The van der Waals surface area contributed by atoms with Gasteiger partial charge in [0.25, 0.3) is 0 Å². The summed E-state index contributed by atoms with van der Waals surface area (Å²) in [6.07, 6.45) is 2.79.